The molecule has 5 heteroatoms. The molecule has 0 unspecified atom stereocenters. The number of amides is 1. The summed E-state index contributed by atoms with van der Waals surface area (Å²) in [6.45, 7) is 4.06. The topological polar surface area (TPSA) is 51.2 Å². The number of aryl methyl sites for hydroxylation is 2. The van der Waals surface area contributed by atoms with E-state index in [4.69, 9.17) is 4.74 Å². The molecule has 24 heavy (non-hydrogen) atoms. The third-order valence-electron chi connectivity index (χ3n) is 3.67. The number of benzene rings is 2. The van der Waals surface area contributed by atoms with Gasteiger partial charge in [-0.25, -0.2) is 4.98 Å². The van der Waals surface area contributed by atoms with E-state index in [0.717, 1.165) is 16.1 Å². The Kier molecular flexibility index (Phi) is 4.62. The largest absolute Gasteiger partial charge is 0.497 e. The van der Waals surface area contributed by atoms with Gasteiger partial charge in [-0.15, -0.1) is 11.3 Å². The molecule has 0 saturated carbocycles. The van der Waals surface area contributed by atoms with Crippen molar-refractivity contribution in [3.05, 3.63) is 64.5 Å². The normalized spacial score (nSPS) is 10.5. The van der Waals surface area contributed by atoms with Crippen LogP contribution in [0.15, 0.2) is 48.5 Å². The van der Waals surface area contributed by atoms with Gasteiger partial charge in [0.15, 0.2) is 5.13 Å². The summed E-state index contributed by atoms with van der Waals surface area (Å²) in [5, 5.41) is 3.46. The molecule has 0 aliphatic rings. The van der Waals surface area contributed by atoms with Gasteiger partial charge in [-0.3, -0.25) is 10.1 Å². The van der Waals surface area contributed by atoms with Crippen molar-refractivity contribution in [2.75, 3.05) is 12.4 Å². The average molecular weight is 338 g/mol. The zero-order valence-corrected chi connectivity index (χ0v) is 14.6. The first-order valence-electron chi connectivity index (χ1n) is 7.56. The quantitative estimate of drug-likeness (QED) is 0.751. The standard InChI is InChI=1S/C19H18N2O2S/c1-12-7-9-14(10-8-12)17-13(2)24-19(20-17)21-18(22)15-5-4-6-16(11-15)23-3/h4-11H,1-3H3,(H,20,21,22). The van der Waals surface area contributed by atoms with Crippen LogP contribution in [0, 0.1) is 13.8 Å². The third kappa shape index (κ3) is 3.46. The van der Waals surface area contributed by atoms with Crippen LogP contribution in [0.5, 0.6) is 5.75 Å². The molecule has 3 rings (SSSR count). The molecule has 4 nitrogen and oxygen atoms in total. The number of carbonyl (C=O) groups is 1. The maximum atomic E-state index is 12.4. The Balaban J connectivity index is 1.82. The second-order valence-corrected chi connectivity index (χ2v) is 6.68. The Morgan fingerprint density at radius 3 is 2.58 bits per heavy atom. The van der Waals surface area contributed by atoms with Gasteiger partial charge in [0.05, 0.1) is 12.8 Å². The molecule has 0 fully saturated rings. The van der Waals surface area contributed by atoms with E-state index in [-0.39, 0.29) is 5.91 Å². The van der Waals surface area contributed by atoms with Crippen molar-refractivity contribution in [2.45, 2.75) is 13.8 Å². The number of methoxy groups -OCH3 is 1. The van der Waals surface area contributed by atoms with Crippen LogP contribution >= 0.6 is 11.3 Å². The van der Waals surface area contributed by atoms with Gasteiger partial charge in [0.1, 0.15) is 5.75 Å². The van der Waals surface area contributed by atoms with Gasteiger partial charge in [0.2, 0.25) is 0 Å². The highest BCUT2D eigenvalue weighted by Crippen LogP contribution is 2.30. The van der Waals surface area contributed by atoms with E-state index in [9.17, 15) is 4.79 Å². The second kappa shape index (κ2) is 6.84. The molecule has 122 valence electrons. The van der Waals surface area contributed by atoms with Crippen LogP contribution in [-0.4, -0.2) is 18.0 Å². The number of anilines is 1. The van der Waals surface area contributed by atoms with Crippen molar-refractivity contribution < 1.29 is 9.53 Å². The molecule has 1 heterocycles. The number of hydrogen-bond donors (Lipinski definition) is 1. The Morgan fingerprint density at radius 2 is 1.88 bits per heavy atom. The number of nitrogens with one attached hydrogen (secondary N) is 1. The molecule has 0 aliphatic heterocycles. The van der Waals surface area contributed by atoms with E-state index in [0.29, 0.717) is 16.4 Å². The lowest BCUT2D eigenvalue weighted by atomic mass is 10.1. The molecule has 1 N–H and O–H groups in total. The molecule has 2 aromatic carbocycles. The Bertz CT molecular complexity index is 869. The highest BCUT2D eigenvalue weighted by molar-refractivity contribution is 7.16. The number of thiazole rings is 1. The van der Waals surface area contributed by atoms with Gasteiger partial charge >= 0.3 is 0 Å². The van der Waals surface area contributed by atoms with Crippen LogP contribution in [0.2, 0.25) is 0 Å². The summed E-state index contributed by atoms with van der Waals surface area (Å²) in [6.07, 6.45) is 0. The van der Waals surface area contributed by atoms with Crippen LogP contribution in [0.25, 0.3) is 11.3 Å². The predicted octanol–water partition coefficient (Wildman–Crippen LogP) is 4.69. The number of aromatic nitrogens is 1. The van der Waals surface area contributed by atoms with Gasteiger partial charge < -0.3 is 4.74 Å². The first kappa shape index (κ1) is 16.2. The van der Waals surface area contributed by atoms with Crippen molar-refractivity contribution in [2.24, 2.45) is 0 Å². The minimum absolute atomic E-state index is 0.196. The molecule has 0 radical (unpaired) electrons. The van der Waals surface area contributed by atoms with Crippen LogP contribution in [0.4, 0.5) is 5.13 Å². The third-order valence-corrected chi connectivity index (χ3v) is 4.56. The molecule has 0 spiro atoms. The lowest BCUT2D eigenvalue weighted by Crippen LogP contribution is -2.11. The lowest BCUT2D eigenvalue weighted by Gasteiger charge is -2.04. The summed E-state index contributed by atoms with van der Waals surface area (Å²) in [7, 11) is 1.58. The van der Waals surface area contributed by atoms with Gasteiger partial charge in [-0.2, -0.15) is 0 Å². The van der Waals surface area contributed by atoms with E-state index in [1.54, 1.807) is 31.4 Å². The fourth-order valence-electron chi connectivity index (χ4n) is 2.36. The van der Waals surface area contributed by atoms with E-state index < -0.39 is 0 Å². The summed E-state index contributed by atoms with van der Waals surface area (Å²) >= 11 is 1.47. The van der Waals surface area contributed by atoms with Crippen LogP contribution < -0.4 is 10.1 Å². The van der Waals surface area contributed by atoms with Crippen molar-refractivity contribution in [1.29, 1.82) is 0 Å². The van der Waals surface area contributed by atoms with E-state index in [2.05, 4.69) is 29.4 Å². The van der Waals surface area contributed by atoms with E-state index >= 15 is 0 Å². The first-order chi connectivity index (χ1) is 11.6. The number of ether oxygens (including phenoxy) is 1. The van der Waals surface area contributed by atoms with Crippen LogP contribution in [0.3, 0.4) is 0 Å². The minimum Gasteiger partial charge on any atom is -0.497 e. The molecule has 1 amide bonds. The summed E-state index contributed by atoms with van der Waals surface area (Å²) < 4.78 is 5.15. The maximum absolute atomic E-state index is 12.4. The Hall–Kier alpha value is -2.66. The van der Waals surface area contributed by atoms with Gasteiger partial charge in [-0.05, 0) is 32.0 Å². The summed E-state index contributed by atoms with van der Waals surface area (Å²) in [6, 6.07) is 15.3. The van der Waals surface area contributed by atoms with Gasteiger partial charge in [0.25, 0.3) is 5.91 Å². The van der Waals surface area contributed by atoms with E-state index in [1.807, 2.05) is 19.1 Å². The molecule has 3 aromatic rings. The smallest absolute Gasteiger partial charge is 0.257 e. The molecule has 0 saturated heterocycles. The molecular formula is C19H18N2O2S. The van der Waals surface area contributed by atoms with Crippen LogP contribution in [-0.2, 0) is 0 Å². The number of nitrogens with zero attached hydrogens (tertiary/aromatic N) is 1. The van der Waals surface area contributed by atoms with Crippen molar-refractivity contribution in [1.82, 2.24) is 4.98 Å². The highest BCUT2D eigenvalue weighted by Gasteiger charge is 2.13. The zero-order valence-electron chi connectivity index (χ0n) is 13.8. The molecule has 1 aromatic heterocycles. The molecular weight excluding hydrogens is 320 g/mol. The summed E-state index contributed by atoms with van der Waals surface area (Å²) in [4.78, 5) is 18.0. The lowest BCUT2D eigenvalue weighted by molar-refractivity contribution is 0.102. The minimum atomic E-state index is -0.196. The van der Waals surface area contributed by atoms with Gasteiger partial charge in [0, 0.05) is 16.0 Å². The summed E-state index contributed by atoms with van der Waals surface area (Å²) in [5.41, 5.74) is 3.70. The van der Waals surface area contributed by atoms with Gasteiger partial charge in [-0.1, -0.05) is 35.9 Å². The summed E-state index contributed by atoms with van der Waals surface area (Å²) in [5.74, 6) is 0.455. The Morgan fingerprint density at radius 1 is 1.12 bits per heavy atom. The Labute approximate surface area is 145 Å². The fraction of sp³-hybridized carbons (Fsp3) is 0.158. The first-order valence-corrected chi connectivity index (χ1v) is 8.38. The SMILES string of the molecule is COc1cccc(C(=O)Nc2nc(-c3ccc(C)cc3)c(C)s2)c1. The predicted molar refractivity (Wildman–Crippen MR) is 98.0 cm³/mol. The monoisotopic (exact) mass is 338 g/mol. The molecule has 0 aliphatic carbocycles. The van der Waals surface area contributed by atoms with Crippen molar-refractivity contribution in [3.8, 4) is 17.0 Å². The molecule has 0 bridgehead atoms. The number of rotatable bonds is 4. The van der Waals surface area contributed by atoms with Crippen LogP contribution in [0.1, 0.15) is 20.8 Å². The highest BCUT2D eigenvalue weighted by atomic mass is 32.1. The average Bonchev–Trinajstić information content (AvgIpc) is 2.96. The molecule has 0 atom stereocenters. The maximum Gasteiger partial charge on any atom is 0.257 e. The number of hydrogen-bond acceptors (Lipinski definition) is 4. The fourth-order valence-corrected chi connectivity index (χ4v) is 3.19. The number of carbonyl (C=O) groups excluding carboxylic acids is 1. The zero-order chi connectivity index (χ0) is 17.1. The second-order valence-electron chi connectivity index (χ2n) is 5.48. The van der Waals surface area contributed by atoms with E-state index in [1.165, 1.54) is 16.9 Å². The van der Waals surface area contributed by atoms with Crippen molar-refractivity contribution >= 4 is 22.4 Å². The van der Waals surface area contributed by atoms with Crippen molar-refractivity contribution in [3.63, 3.8) is 0 Å².